The van der Waals surface area contributed by atoms with Gasteiger partial charge in [-0.2, -0.15) is 0 Å². The Labute approximate surface area is 191 Å². The maximum Gasteiger partial charge on any atom is 0.337 e. The Hall–Kier alpha value is -4.51. The first-order valence-electron chi connectivity index (χ1n) is 10.5. The molecule has 33 heavy (non-hydrogen) atoms. The fourth-order valence-electron chi connectivity index (χ4n) is 3.61. The van der Waals surface area contributed by atoms with Crippen molar-refractivity contribution in [2.75, 3.05) is 7.11 Å². The Morgan fingerprint density at radius 3 is 1.76 bits per heavy atom. The lowest BCUT2D eigenvalue weighted by Crippen LogP contribution is -2.00. The first-order chi connectivity index (χ1) is 16.2. The number of carbonyl (C=O) groups is 1. The van der Waals surface area contributed by atoms with Gasteiger partial charge < -0.3 is 9.47 Å². The summed E-state index contributed by atoms with van der Waals surface area (Å²) >= 11 is 0. The smallest absolute Gasteiger partial charge is 0.337 e. The lowest BCUT2D eigenvalue weighted by Gasteiger charge is -2.12. The number of aromatic nitrogens is 2. The van der Waals surface area contributed by atoms with Crippen LogP contribution in [0, 0.1) is 0 Å². The van der Waals surface area contributed by atoms with Crippen LogP contribution in [0.3, 0.4) is 0 Å². The van der Waals surface area contributed by atoms with Crippen LogP contribution in [0.5, 0.6) is 11.5 Å². The fraction of sp³-hybridized carbons (Fsp3) is 0.0357. The maximum atomic E-state index is 11.6. The van der Waals surface area contributed by atoms with Gasteiger partial charge in [0.25, 0.3) is 0 Å². The second-order valence-electron chi connectivity index (χ2n) is 7.42. The molecule has 0 bridgehead atoms. The molecule has 0 fully saturated rings. The highest BCUT2D eigenvalue weighted by atomic mass is 16.5. The zero-order valence-electron chi connectivity index (χ0n) is 17.9. The van der Waals surface area contributed by atoms with Crippen LogP contribution < -0.4 is 4.74 Å². The van der Waals surface area contributed by atoms with Gasteiger partial charge in [-0.3, -0.25) is 0 Å². The van der Waals surface area contributed by atoms with Gasteiger partial charge in [0.05, 0.1) is 35.1 Å². The van der Waals surface area contributed by atoms with Crippen molar-refractivity contribution in [2.45, 2.75) is 0 Å². The van der Waals surface area contributed by atoms with Crippen molar-refractivity contribution in [2.24, 2.45) is 0 Å². The summed E-state index contributed by atoms with van der Waals surface area (Å²) in [7, 11) is 1.36. The van der Waals surface area contributed by atoms with E-state index in [1.54, 1.807) is 24.3 Å². The van der Waals surface area contributed by atoms with Crippen LogP contribution in [0.25, 0.3) is 33.5 Å². The number of hydrogen-bond acceptors (Lipinski definition) is 5. The van der Waals surface area contributed by atoms with Crippen molar-refractivity contribution in [3.05, 3.63) is 109 Å². The molecule has 5 nitrogen and oxygen atoms in total. The summed E-state index contributed by atoms with van der Waals surface area (Å²) in [6.45, 7) is 0. The molecule has 1 heterocycles. The highest BCUT2D eigenvalue weighted by molar-refractivity contribution is 5.89. The van der Waals surface area contributed by atoms with Crippen LogP contribution in [0.1, 0.15) is 10.4 Å². The van der Waals surface area contributed by atoms with Crippen molar-refractivity contribution < 1.29 is 14.3 Å². The summed E-state index contributed by atoms with van der Waals surface area (Å²) in [5.41, 5.74) is 5.64. The average molecular weight is 432 g/mol. The summed E-state index contributed by atoms with van der Waals surface area (Å²) in [6, 6.07) is 32.5. The molecule has 0 spiro atoms. The molecule has 0 aliphatic carbocycles. The zero-order chi connectivity index (χ0) is 22.6. The van der Waals surface area contributed by atoms with Gasteiger partial charge in [0, 0.05) is 17.2 Å². The number of ether oxygens (including phenoxy) is 2. The first kappa shape index (κ1) is 20.4. The van der Waals surface area contributed by atoms with E-state index in [1.165, 1.54) is 7.11 Å². The van der Waals surface area contributed by atoms with E-state index in [0.29, 0.717) is 17.1 Å². The van der Waals surface area contributed by atoms with Gasteiger partial charge >= 0.3 is 5.97 Å². The summed E-state index contributed by atoms with van der Waals surface area (Å²) < 4.78 is 10.7. The van der Waals surface area contributed by atoms with Crippen molar-refractivity contribution in [3.8, 4) is 34.0 Å². The third kappa shape index (κ3) is 4.29. The van der Waals surface area contributed by atoms with Crippen molar-refractivity contribution in [1.29, 1.82) is 0 Å². The molecule has 1 aromatic heterocycles. The standard InChI is InChI=1S/C28H20N2O3/c1-32-28(31)21-12-14-22(15-13-21)33-23-16-17-24-25(18-23)30-27(20-10-6-3-7-11-20)26(29-24)19-8-4-2-5-9-19/h2-18H,1H3. The van der Waals surface area contributed by atoms with Crippen LogP contribution in [0.2, 0.25) is 0 Å². The summed E-state index contributed by atoms with van der Waals surface area (Å²) in [6.07, 6.45) is 0. The quantitative estimate of drug-likeness (QED) is 0.295. The van der Waals surface area contributed by atoms with Crippen LogP contribution in [-0.2, 0) is 4.74 Å². The summed E-state index contributed by atoms with van der Waals surface area (Å²) in [5, 5.41) is 0. The molecule has 0 aliphatic rings. The lowest BCUT2D eigenvalue weighted by molar-refractivity contribution is 0.0600. The van der Waals surface area contributed by atoms with Gasteiger partial charge in [0.15, 0.2) is 0 Å². The minimum atomic E-state index is -0.384. The van der Waals surface area contributed by atoms with Gasteiger partial charge in [-0.25, -0.2) is 14.8 Å². The number of hydrogen-bond donors (Lipinski definition) is 0. The molecule has 0 amide bonds. The van der Waals surface area contributed by atoms with E-state index < -0.39 is 0 Å². The predicted molar refractivity (Wildman–Crippen MR) is 128 cm³/mol. The molecule has 160 valence electrons. The van der Waals surface area contributed by atoms with E-state index >= 15 is 0 Å². The number of methoxy groups -OCH3 is 1. The Bertz CT molecular complexity index is 1420. The fourth-order valence-corrected chi connectivity index (χ4v) is 3.61. The molecular formula is C28H20N2O3. The Kier molecular flexibility index (Phi) is 5.52. The normalized spacial score (nSPS) is 10.7. The third-order valence-corrected chi connectivity index (χ3v) is 5.24. The Morgan fingerprint density at radius 2 is 1.18 bits per heavy atom. The van der Waals surface area contributed by atoms with E-state index in [2.05, 4.69) is 0 Å². The molecule has 0 saturated carbocycles. The van der Waals surface area contributed by atoms with Gasteiger partial charge in [0.2, 0.25) is 0 Å². The molecule has 0 aliphatic heterocycles. The topological polar surface area (TPSA) is 61.3 Å². The molecule has 5 rings (SSSR count). The third-order valence-electron chi connectivity index (χ3n) is 5.24. The number of rotatable bonds is 5. The molecule has 0 atom stereocenters. The second kappa shape index (κ2) is 8.93. The highest BCUT2D eigenvalue weighted by Crippen LogP contribution is 2.32. The van der Waals surface area contributed by atoms with E-state index in [1.807, 2.05) is 78.9 Å². The monoisotopic (exact) mass is 432 g/mol. The minimum absolute atomic E-state index is 0.384. The molecule has 4 aromatic carbocycles. The largest absolute Gasteiger partial charge is 0.465 e. The Morgan fingerprint density at radius 1 is 0.636 bits per heavy atom. The summed E-state index contributed by atoms with van der Waals surface area (Å²) in [4.78, 5) is 21.5. The first-order valence-corrected chi connectivity index (χ1v) is 10.5. The van der Waals surface area contributed by atoms with Crippen LogP contribution in [-0.4, -0.2) is 23.0 Å². The molecular weight excluding hydrogens is 412 g/mol. The number of carbonyl (C=O) groups excluding carboxylic acids is 1. The summed E-state index contributed by atoms with van der Waals surface area (Å²) in [5.74, 6) is 0.860. The lowest BCUT2D eigenvalue weighted by atomic mass is 10.0. The molecule has 5 heteroatoms. The van der Waals surface area contributed by atoms with Crippen LogP contribution in [0.4, 0.5) is 0 Å². The molecule has 0 saturated heterocycles. The van der Waals surface area contributed by atoms with E-state index in [9.17, 15) is 4.79 Å². The number of fused-ring (bicyclic) bond motifs is 1. The van der Waals surface area contributed by atoms with Gasteiger partial charge in [0.1, 0.15) is 11.5 Å². The van der Waals surface area contributed by atoms with Gasteiger partial charge in [-0.1, -0.05) is 60.7 Å². The molecule has 0 unspecified atom stereocenters. The molecule has 0 radical (unpaired) electrons. The van der Waals surface area contributed by atoms with Gasteiger partial charge in [-0.15, -0.1) is 0 Å². The Balaban J connectivity index is 1.55. The SMILES string of the molecule is COC(=O)c1ccc(Oc2ccc3nc(-c4ccccc4)c(-c4ccccc4)nc3c2)cc1. The van der Waals surface area contributed by atoms with Crippen molar-refractivity contribution >= 4 is 17.0 Å². The van der Waals surface area contributed by atoms with E-state index in [0.717, 1.165) is 33.5 Å². The maximum absolute atomic E-state index is 11.6. The molecule has 5 aromatic rings. The zero-order valence-corrected chi connectivity index (χ0v) is 17.9. The number of esters is 1. The van der Waals surface area contributed by atoms with Crippen LogP contribution >= 0.6 is 0 Å². The average Bonchev–Trinajstić information content (AvgIpc) is 2.89. The highest BCUT2D eigenvalue weighted by Gasteiger charge is 2.14. The van der Waals surface area contributed by atoms with Gasteiger partial charge in [-0.05, 0) is 36.4 Å². The number of benzene rings is 4. The number of nitrogens with zero attached hydrogens (tertiary/aromatic N) is 2. The van der Waals surface area contributed by atoms with E-state index in [4.69, 9.17) is 19.4 Å². The van der Waals surface area contributed by atoms with E-state index in [-0.39, 0.29) is 5.97 Å². The molecule has 0 N–H and O–H groups in total. The predicted octanol–water partition coefficient (Wildman–Crippen LogP) is 6.54. The second-order valence-corrected chi connectivity index (χ2v) is 7.42. The van der Waals surface area contributed by atoms with Crippen molar-refractivity contribution in [1.82, 2.24) is 9.97 Å². The minimum Gasteiger partial charge on any atom is -0.465 e. The van der Waals surface area contributed by atoms with Crippen molar-refractivity contribution in [3.63, 3.8) is 0 Å². The van der Waals surface area contributed by atoms with Crippen LogP contribution in [0.15, 0.2) is 103 Å².